The summed E-state index contributed by atoms with van der Waals surface area (Å²) in [5, 5.41) is 0. The van der Waals surface area contributed by atoms with Crippen molar-refractivity contribution in [3.8, 4) is 0 Å². The molecule has 1 aromatic carbocycles. The Bertz CT molecular complexity index is 686. The van der Waals surface area contributed by atoms with Crippen LogP contribution in [0.1, 0.15) is 48.3 Å². The zero-order valence-corrected chi connectivity index (χ0v) is 13.4. The maximum absolute atomic E-state index is 12.4. The fourth-order valence-electron chi connectivity index (χ4n) is 2.99. The van der Waals surface area contributed by atoms with Crippen molar-refractivity contribution in [2.24, 2.45) is 5.41 Å². The van der Waals surface area contributed by atoms with E-state index in [0.717, 1.165) is 18.4 Å². The number of esters is 1. The molecule has 0 amide bonds. The van der Waals surface area contributed by atoms with Crippen molar-refractivity contribution in [1.29, 1.82) is 0 Å². The molecule has 3 rings (SSSR count). The maximum Gasteiger partial charge on any atom is 0.356 e. The Morgan fingerprint density at radius 2 is 2.17 bits per heavy atom. The number of aromatic nitrogens is 2. The van der Waals surface area contributed by atoms with E-state index < -0.39 is 0 Å². The maximum atomic E-state index is 12.4. The van der Waals surface area contributed by atoms with Crippen LogP contribution in [0.3, 0.4) is 0 Å². The van der Waals surface area contributed by atoms with E-state index in [0.29, 0.717) is 12.3 Å². The van der Waals surface area contributed by atoms with Gasteiger partial charge in [0, 0.05) is 5.41 Å². The van der Waals surface area contributed by atoms with E-state index in [4.69, 9.17) is 4.74 Å². The highest BCUT2D eigenvalue weighted by Crippen LogP contribution is 2.42. The van der Waals surface area contributed by atoms with Crippen LogP contribution in [0.4, 0.5) is 0 Å². The van der Waals surface area contributed by atoms with Crippen molar-refractivity contribution in [3.05, 3.63) is 66.8 Å². The highest BCUT2D eigenvalue weighted by Gasteiger charge is 2.35. The molecule has 0 radical (unpaired) electrons. The minimum Gasteiger partial charge on any atom is -0.460 e. The zero-order chi connectivity index (χ0) is 16.3. The van der Waals surface area contributed by atoms with Crippen molar-refractivity contribution in [1.82, 2.24) is 9.55 Å². The van der Waals surface area contributed by atoms with Crippen molar-refractivity contribution in [3.63, 3.8) is 0 Å². The first-order valence-electron chi connectivity index (χ1n) is 8.03. The van der Waals surface area contributed by atoms with Gasteiger partial charge >= 0.3 is 5.97 Å². The minimum atomic E-state index is -0.321. The molecule has 1 saturated carbocycles. The van der Waals surface area contributed by atoms with Gasteiger partial charge in [0.15, 0.2) is 0 Å². The second kappa shape index (κ2) is 6.41. The quantitative estimate of drug-likeness (QED) is 0.598. The van der Waals surface area contributed by atoms with Crippen molar-refractivity contribution in [2.45, 2.75) is 32.2 Å². The average molecular weight is 310 g/mol. The number of rotatable bonds is 6. The summed E-state index contributed by atoms with van der Waals surface area (Å²) in [4.78, 5) is 16.6. The number of carbonyl (C=O) groups is 1. The van der Waals surface area contributed by atoms with Gasteiger partial charge in [-0.3, -0.25) is 0 Å². The van der Waals surface area contributed by atoms with Gasteiger partial charge < -0.3 is 9.30 Å². The van der Waals surface area contributed by atoms with Gasteiger partial charge in [0.1, 0.15) is 12.3 Å². The van der Waals surface area contributed by atoms with Gasteiger partial charge in [0.25, 0.3) is 0 Å². The lowest BCUT2D eigenvalue weighted by Gasteiger charge is -2.38. The first-order chi connectivity index (χ1) is 11.2. The topological polar surface area (TPSA) is 44.1 Å². The predicted molar refractivity (Wildman–Crippen MR) is 89.2 cm³/mol. The first-order valence-corrected chi connectivity index (χ1v) is 8.03. The summed E-state index contributed by atoms with van der Waals surface area (Å²) in [6.45, 7) is 6.32. The number of nitrogens with zero attached hydrogens (tertiary/aromatic N) is 2. The normalized spacial score (nSPS) is 17.1. The van der Waals surface area contributed by atoms with Crippen LogP contribution in [0.25, 0.3) is 0 Å². The number of carbonyl (C=O) groups excluding carboxylic acids is 1. The highest BCUT2D eigenvalue weighted by atomic mass is 16.5. The lowest BCUT2D eigenvalue weighted by atomic mass is 9.69. The zero-order valence-electron chi connectivity index (χ0n) is 13.4. The molecule has 4 heteroatoms. The largest absolute Gasteiger partial charge is 0.460 e. The van der Waals surface area contributed by atoms with E-state index in [9.17, 15) is 4.79 Å². The van der Waals surface area contributed by atoms with Crippen molar-refractivity contribution < 1.29 is 9.53 Å². The third-order valence-electron chi connectivity index (χ3n) is 4.85. The molecular weight excluding hydrogens is 288 g/mol. The van der Waals surface area contributed by atoms with E-state index in [1.165, 1.54) is 6.42 Å². The molecule has 120 valence electrons. The van der Waals surface area contributed by atoms with Crippen LogP contribution >= 0.6 is 0 Å². The Morgan fingerprint density at radius 1 is 1.43 bits per heavy atom. The summed E-state index contributed by atoms with van der Waals surface area (Å²) in [6.07, 6.45) is 8.44. The number of imidazole rings is 1. The van der Waals surface area contributed by atoms with Gasteiger partial charge in [-0.15, -0.1) is 6.58 Å². The molecule has 1 fully saturated rings. The molecule has 0 unspecified atom stereocenters. The van der Waals surface area contributed by atoms with Crippen LogP contribution < -0.4 is 0 Å². The number of hydrogen-bond donors (Lipinski definition) is 0. The van der Waals surface area contributed by atoms with Gasteiger partial charge in [0.05, 0.1) is 18.6 Å². The molecule has 1 aliphatic rings. The lowest BCUT2D eigenvalue weighted by molar-refractivity contribution is 0.0195. The van der Waals surface area contributed by atoms with Gasteiger partial charge in [-0.2, -0.15) is 0 Å². The molecular formula is C19H22N2O2. The summed E-state index contributed by atoms with van der Waals surface area (Å²) in [7, 11) is 0. The minimum absolute atomic E-state index is 0.0223. The van der Waals surface area contributed by atoms with Crippen molar-refractivity contribution in [2.75, 3.05) is 6.61 Å². The summed E-state index contributed by atoms with van der Waals surface area (Å²) in [6, 6.07) is 10.1. The number of hydrogen-bond acceptors (Lipinski definition) is 3. The Hall–Kier alpha value is -2.36. The van der Waals surface area contributed by atoms with Gasteiger partial charge in [-0.25, -0.2) is 9.78 Å². The van der Waals surface area contributed by atoms with Crippen LogP contribution in [0.2, 0.25) is 0 Å². The molecule has 1 atom stereocenters. The molecule has 2 aromatic rings. The van der Waals surface area contributed by atoms with Crippen LogP contribution in [0.15, 0.2) is 55.5 Å². The Kier molecular flexibility index (Phi) is 4.33. The molecule has 23 heavy (non-hydrogen) atoms. The van der Waals surface area contributed by atoms with E-state index in [-0.39, 0.29) is 17.4 Å². The average Bonchev–Trinajstić information content (AvgIpc) is 3.04. The van der Waals surface area contributed by atoms with E-state index in [1.54, 1.807) is 12.5 Å². The molecule has 0 spiro atoms. The highest BCUT2D eigenvalue weighted by molar-refractivity contribution is 5.87. The van der Waals surface area contributed by atoms with Gasteiger partial charge in [0.2, 0.25) is 0 Å². The molecule has 1 aliphatic carbocycles. The fourth-order valence-corrected chi connectivity index (χ4v) is 2.99. The Labute approximate surface area is 136 Å². The third-order valence-corrected chi connectivity index (χ3v) is 4.85. The number of ether oxygens (including phenoxy) is 1. The second-order valence-electron chi connectivity index (χ2n) is 6.27. The van der Waals surface area contributed by atoms with Crippen LogP contribution in [-0.2, 0) is 4.74 Å². The van der Waals surface area contributed by atoms with Crippen LogP contribution in [0, 0.1) is 5.41 Å². The lowest BCUT2D eigenvalue weighted by Crippen LogP contribution is -2.33. The standard InChI is InChI=1S/C19H22N2O2/c1-3-19(10-7-11-19)13-23-18(22)17-12-20-14-21(17)15(2)16-8-5-4-6-9-16/h3-6,8-9,12,14-15H,1,7,10-11,13H2,2H3/t15-/m1/s1. The molecule has 1 aromatic heterocycles. The van der Waals surface area contributed by atoms with Crippen LogP contribution in [0.5, 0.6) is 0 Å². The van der Waals surface area contributed by atoms with Gasteiger partial charge in [-0.05, 0) is 25.3 Å². The SMILES string of the molecule is C=CC1(COC(=O)c2cncn2[C@H](C)c2ccccc2)CCC1. The fraction of sp³-hybridized carbons (Fsp3) is 0.368. The summed E-state index contributed by atoms with van der Waals surface area (Å²) in [5.41, 5.74) is 1.59. The Balaban J connectivity index is 1.72. The molecule has 1 heterocycles. The molecule has 0 bridgehead atoms. The van der Waals surface area contributed by atoms with E-state index in [1.807, 2.05) is 47.9 Å². The third kappa shape index (κ3) is 3.07. The summed E-state index contributed by atoms with van der Waals surface area (Å²) < 4.78 is 7.40. The monoisotopic (exact) mass is 310 g/mol. The predicted octanol–water partition coefficient (Wildman–Crippen LogP) is 4.01. The number of benzene rings is 1. The molecule has 4 nitrogen and oxygen atoms in total. The van der Waals surface area contributed by atoms with E-state index >= 15 is 0 Å². The smallest absolute Gasteiger partial charge is 0.356 e. The molecule has 0 saturated heterocycles. The molecule has 0 N–H and O–H groups in total. The summed E-state index contributed by atoms with van der Waals surface area (Å²) in [5.74, 6) is -0.321. The first kappa shape index (κ1) is 15.5. The second-order valence-corrected chi connectivity index (χ2v) is 6.27. The molecule has 0 aliphatic heterocycles. The summed E-state index contributed by atoms with van der Waals surface area (Å²) >= 11 is 0. The van der Waals surface area contributed by atoms with Crippen LogP contribution in [-0.4, -0.2) is 22.1 Å². The van der Waals surface area contributed by atoms with E-state index in [2.05, 4.69) is 11.6 Å². The van der Waals surface area contributed by atoms with Gasteiger partial charge in [-0.1, -0.05) is 42.8 Å². The van der Waals surface area contributed by atoms with Crippen molar-refractivity contribution >= 4 is 5.97 Å². The Morgan fingerprint density at radius 3 is 2.78 bits per heavy atom.